The molecule has 10 nitrogen and oxygen atoms in total. The van der Waals surface area contributed by atoms with Gasteiger partial charge in [0.2, 0.25) is 5.91 Å². The highest BCUT2D eigenvalue weighted by molar-refractivity contribution is 6.76. The first-order chi connectivity index (χ1) is 19.1. The first-order valence-corrected chi connectivity index (χ1v) is 18.3. The van der Waals surface area contributed by atoms with E-state index in [4.69, 9.17) is 14.2 Å². The molecule has 3 aliphatic heterocycles. The topological polar surface area (TPSA) is 106 Å². The molecule has 226 valence electrons. The summed E-state index contributed by atoms with van der Waals surface area (Å²) < 4.78 is 17.6. The fourth-order valence-electron chi connectivity index (χ4n) is 5.47. The van der Waals surface area contributed by atoms with Crippen LogP contribution in [-0.4, -0.2) is 90.8 Å². The van der Waals surface area contributed by atoms with Gasteiger partial charge in [-0.05, 0) is 69.3 Å². The van der Waals surface area contributed by atoms with Crippen molar-refractivity contribution in [2.45, 2.75) is 96.9 Å². The van der Waals surface area contributed by atoms with Crippen molar-refractivity contribution in [3.63, 3.8) is 0 Å². The summed E-state index contributed by atoms with van der Waals surface area (Å²) in [5.74, 6) is -0.00717. The lowest BCUT2D eigenvalue weighted by atomic mass is 9.98. The van der Waals surface area contributed by atoms with Crippen molar-refractivity contribution >= 4 is 31.9 Å². The highest BCUT2D eigenvalue weighted by Crippen LogP contribution is 2.32. The summed E-state index contributed by atoms with van der Waals surface area (Å²) in [7, 11) is -1.30. The molecule has 11 heteroatoms. The van der Waals surface area contributed by atoms with Gasteiger partial charge in [0.05, 0.1) is 6.54 Å². The molecule has 3 atom stereocenters. The SMILES string of the molecule is C[C@@H]1C[C@H](Oc2ccc3c(c2)CN(C2CCC(=O)N(COCC[Si](C)(C)C)C2=O)C3=O)CN(C(=O)OC(C)(C)C)C1. The van der Waals surface area contributed by atoms with Crippen LogP contribution < -0.4 is 4.74 Å². The van der Waals surface area contributed by atoms with Gasteiger partial charge in [0.15, 0.2) is 0 Å². The summed E-state index contributed by atoms with van der Waals surface area (Å²) in [5, 5.41) is 0. The Morgan fingerprint density at radius 1 is 1.10 bits per heavy atom. The van der Waals surface area contributed by atoms with Crippen LogP contribution in [0, 0.1) is 5.92 Å². The number of hydrogen-bond donors (Lipinski definition) is 0. The van der Waals surface area contributed by atoms with E-state index in [0.717, 1.165) is 22.9 Å². The molecule has 41 heavy (non-hydrogen) atoms. The van der Waals surface area contributed by atoms with Crippen molar-refractivity contribution in [1.29, 1.82) is 0 Å². The number of nitrogens with zero attached hydrogens (tertiary/aromatic N) is 3. The number of piperidine rings is 2. The van der Waals surface area contributed by atoms with Crippen LogP contribution in [0.5, 0.6) is 5.75 Å². The van der Waals surface area contributed by atoms with Gasteiger partial charge in [-0.25, -0.2) is 4.79 Å². The Bertz CT molecular complexity index is 1180. The lowest BCUT2D eigenvalue weighted by Gasteiger charge is -2.37. The second-order valence-electron chi connectivity index (χ2n) is 13.8. The van der Waals surface area contributed by atoms with Gasteiger partial charge in [0.25, 0.3) is 11.8 Å². The van der Waals surface area contributed by atoms with Gasteiger partial charge in [-0.15, -0.1) is 0 Å². The summed E-state index contributed by atoms with van der Waals surface area (Å²) in [4.78, 5) is 56.2. The molecule has 0 radical (unpaired) electrons. The molecule has 1 aromatic carbocycles. The molecule has 0 aromatic heterocycles. The summed E-state index contributed by atoms with van der Waals surface area (Å²) in [6.07, 6.45) is 0.724. The smallest absolute Gasteiger partial charge is 0.410 e. The van der Waals surface area contributed by atoms with Crippen LogP contribution in [0.15, 0.2) is 18.2 Å². The third-order valence-electron chi connectivity index (χ3n) is 7.56. The summed E-state index contributed by atoms with van der Waals surface area (Å²) in [6, 6.07) is 5.58. The number of amides is 4. The standard InChI is InChI=1S/C30H45N3O7Si/c1-20-14-23(18-31(16-20)29(37)40-30(2,3)4)39-22-8-9-24-21(15-22)17-32(27(24)35)25-10-11-26(34)33(28(25)36)19-38-12-13-41(5,6)7/h8-9,15,20,23,25H,10-14,16-19H2,1-7H3/t20-,23+,25?/m1/s1. The Morgan fingerprint density at radius 3 is 2.51 bits per heavy atom. The second kappa shape index (κ2) is 12.1. The van der Waals surface area contributed by atoms with E-state index in [2.05, 4.69) is 26.6 Å². The van der Waals surface area contributed by atoms with Crippen LogP contribution in [0.25, 0.3) is 0 Å². The summed E-state index contributed by atoms with van der Waals surface area (Å²) in [6.45, 7) is 16.1. The first kappa shape index (κ1) is 31.0. The summed E-state index contributed by atoms with van der Waals surface area (Å²) in [5.41, 5.74) is 0.743. The average Bonchev–Trinajstić information content (AvgIpc) is 3.16. The molecule has 3 aliphatic rings. The van der Waals surface area contributed by atoms with Crippen molar-refractivity contribution in [1.82, 2.24) is 14.7 Å². The molecule has 4 rings (SSSR count). The highest BCUT2D eigenvalue weighted by atomic mass is 28.3. The van der Waals surface area contributed by atoms with Crippen LogP contribution in [0.4, 0.5) is 4.79 Å². The van der Waals surface area contributed by atoms with Gasteiger partial charge in [-0.2, -0.15) is 0 Å². The van der Waals surface area contributed by atoms with Crippen molar-refractivity contribution in [3.8, 4) is 5.75 Å². The number of carbonyl (C=O) groups excluding carboxylic acids is 4. The van der Waals surface area contributed by atoms with E-state index in [1.807, 2.05) is 26.8 Å². The van der Waals surface area contributed by atoms with Gasteiger partial charge < -0.3 is 24.0 Å². The maximum atomic E-state index is 13.3. The predicted octanol–water partition coefficient (Wildman–Crippen LogP) is 4.50. The fraction of sp³-hybridized carbons (Fsp3) is 0.667. The van der Waals surface area contributed by atoms with Crippen molar-refractivity contribution < 1.29 is 33.4 Å². The summed E-state index contributed by atoms with van der Waals surface area (Å²) >= 11 is 0. The molecule has 0 bridgehead atoms. The van der Waals surface area contributed by atoms with Crippen LogP contribution in [0.2, 0.25) is 25.7 Å². The molecule has 2 saturated heterocycles. The lowest BCUT2D eigenvalue weighted by molar-refractivity contribution is -0.158. The quantitative estimate of drug-likeness (QED) is 0.251. The molecule has 4 amide bonds. The maximum absolute atomic E-state index is 13.3. The van der Waals surface area contributed by atoms with Gasteiger partial charge >= 0.3 is 6.09 Å². The number of carbonyl (C=O) groups is 4. The Labute approximate surface area is 244 Å². The molecule has 1 unspecified atom stereocenters. The molecule has 1 aromatic rings. The van der Waals surface area contributed by atoms with Crippen LogP contribution in [0.3, 0.4) is 0 Å². The van der Waals surface area contributed by atoms with Gasteiger partial charge in [-0.1, -0.05) is 26.6 Å². The molecule has 3 heterocycles. The molecule has 0 aliphatic carbocycles. The fourth-order valence-corrected chi connectivity index (χ4v) is 6.23. The molecular weight excluding hydrogens is 542 g/mol. The van der Waals surface area contributed by atoms with E-state index in [0.29, 0.717) is 37.4 Å². The number of likely N-dealkylation sites (tertiary alicyclic amines) is 2. The Morgan fingerprint density at radius 2 is 1.83 bits per heavy atom. The monoisotopic (exact) mass is 587 g/mol. The Kier molecular flexibility index (Phi) is 9.18. The Hall–Kier alpha value is -2.92. The van der Waals surface area contributed by atoms with Crippen molar-refractivity contribution in [2.75, 3.05) is 26.4 Å². The van der Waals surface area contributed by atoms with Crippen molar-refractivity contribution in [2.24, 2.45) is 5.92 Å². The second-order valence-corrected chi connectivity index (χ2v) is 19.4. The minimum Gasteiger partial charge on any atom is -0.489 e. The third-order valence-corrected chi connectivity index (χ3v) is 9.27. The zero-order valence-electron chi connectivity index (χ0n) is 25.5. The third kappa shape index (κ3) is 7.88. The van der Waals surface area contributed by atoms with Crippen LogP contribution >= 0.6 is 0 Å². The number of benzene rings is 1. The molecule has 0 N–H and O–H groups in total. The maximum Gasteiger partial charge on any atom is 0.410 e. The van der Waals surface area contributed by atoms with E-state index in [9.17, 15) is 19.2 Å². The van der Waals surface area contributed by atoms with Gasteiger partial charge in [0, 0.05) is 39.8 Å². The van der Waals surface area contributed by atoms with E-state index >= 15 is 0 Å². The molecule has 0 saturated carbocycles. The molecule has 0 spiro atoms. The molecular formula is C30H45N3O7Si. The van der Waals surface area contributed by atoms with E-state index in [1.165, 1.54) is 0 Å². The number of imide groups is 1. The number of ether oxygens (including phenoxy) is 3. The number of fused-ring (bicyclic) bond motifs is 1. The van der Waals surface area contributed by atoms with Crippen molar-refractivity contribution in [3.05, 3.63) is 29.3 Å². The van der Waals surface area contributed by atoms with Gasteiger partial charge in [0.1, 0.15) is 30.2 Å². The zero-order valence-corrected chi connectivity index (χ0v) is 26.5. The van der Waals surface area contributed by atoms with E-state index in [1.54, 1.807) is 21.9 Å². The Balaban J connectivity index is 1.39. The normalized spacial score (nSPS) is 23.6. The van der Waals surface area contributed by atoms with Gasteiger partial charge in [-0.3, -0.25) is 19.3 Å². The predicted molar refractivity (Wildman–Crippen MR) is 156 cm³/mol. The first-order valence-electron chi connectivity index (χ1n) is 14.6. The zero-order chi connectivity index (χ0) is 30.1. The highest BCUT2D eigenvalue weighted by Gasteiger charge is 2.43. The lowest BCUT2D eigenvalue weighted by Crippen LogP contribution is -2.55. The minimum atomic E-state index is -1.30. The van der Waals surface area contributed by atoms with Crippen LogP contribution in [-0.2, 0) is 25.6 Å². The largest absolute Gasteiger partial charge is 0.489 e. The average molecular weight is 588 g/mol. The minimum absolute atomic E-state index is 0.0776. The van der Waals surface area contributed by atoms with E-state index in [-0.39, 0.29) is 55.5 Å². The number of hydrogen-bond acceptors (Lipinski definition) is 7. The molecule has 2 fully saturated rings. The van der Waals surface area contributed by atoms with Crippen LogP contribution in [0.1, 0.15) is 62.9 Å². The van der Waals surface area contributed by atoms with E-state index < -0.39 is 19.7 Å². The number of rotatable bonds is 8.